The second-order valence-electron chi connectivity index (χ2n) is 12.7. The van der Waals surface area contributed by atoms with Gasteiger partial charge in [-0.2, -0.15) is 0 Å². The SMILES string of the molecule is CCCCN(C)C(=O)c1ccccc1C1=c2cc3c(cc2[Si](C)(C)c2cc4c(cc21)CCCN4C)=[N+](C)CCC3. The third-order valence-electron chi connectivity index (χ3n) is 9.65. The van der Waals surface area contributed by atoms with Crippen molar-refractivity contribution >= 4 is 35.6 Å². The van der Waals surface area contributed by atoms with Crippen LogP contribution in [0.2, 0.25) is 13.1 Å². The highest BCUT2D eigenvalue weighted by Gasteiger charge is 2.38. The quantitative estimate of drug-likeness (QED) is 0.360. The molecule has 0 aromatic heterocycles. The molecule has 40 heavy (non-hydrogen) atoms. The Hall–Kier alpha value is -3.18. The van der Waals surface area contributed by atoms with Crippen LogP contribution in [-0.4, -0.2) is 59.7 Å². The first-order valence-electron chi connectivity index (χ1n) is 15.2. The van der Waals surface area contributed by atoms with Gasteiger partial charge in [0.25, 0.3) is 5.91 Å². The number of amides is 1. The molecule has 3 aliphatic rings. The van der Waals surface area contributed by atoms with Gasteiger partial charge in [0.2, 0.25) is 5.36 Å². The molecule has 6 rings (SSSR count). The maximum Gasteiger partial charge on any atom is 0.254 e. The van der Waals surface area contributed by atoms with E-state index in [0.29, 0.717) is 0 Å². The molecule has 0 fully saturated rings. The molecule has 0 unspecified atom stereocenters. The van der Waals surface area contributed by atoms with Gasteiger partial charge >= 0.3 is 0 Å². The van der Waals surface area contributed by atoms with Gasteiger partial charge in [0.1, 0.15) is 21.7 Å². The van der Waals surface area contributed by atoms with Crippen LogP contribution in [0, 0.1) is 0 Å². The zero-order valence-corrected chi connectivity index (χ0v) is 26.2. The summed E-state index contributed by atoms with van der Waals surface area (Å²) in [4.78, 5) is 18.3. The number of fused-ring (bicyclic) bond motifs is 4. The van der Waals surface area contributed by atoms with Crippen LogP contribution in [0.5, 0.6) is 0 Å². The lowest BCUT2D eigenvalue weighted by molar-refractivity contribution is 0.0793. The van der Waals surface area contributed by atoms with Crippen molar-refractivity contribution in [1.82, 2.24) is 9.48 Å². The number of rotatable bonds is 5. The first kappa shape index (κ1) is 27.0. The average Bonchev–Trinajstić information content (AvgIpc) is 2.95. The number of anilines is 1. The van der Waals surface area contributed by atoms with E-state index in [9.17, 15) is 4.79 Å². The zero-order chi connectivity index (χ0) is 28.2. The number of aryl methyl sites for hydroxylation is 2. The van der Waals surface area contributed by atoms with Crippen LogP contribution in [0.15, 0.2) is 48.5 Å². The summed E-state index contributed by atoms with van der Waals surface area (Å²) in [7, 11) is 4.40. The number of hydrogen-bond acceptors (Lipinski definition) is 2. The van der Waals surface area contributed by atoms with Crippen LogP contribution in [0.25, 0.3) is 5.57 Å². The first-order chi connectivity index (χ1) is 19.2. The predicted molar refractivity (Wildman–Crippen MR) is 171 cm³/mol. The van der Waals surface area contributed by atoms with E-state index in [-0.39, 0.29) is 5.91 Å². The fourth-order valence-corrected chi connectivity index (χ4v) is 10.3. The molecule has 0 spiro atoms. The number of hydrogen-bond donors (Lipinski definition) is 0. The topological polar surface area (TPSA) is 26.6 Å². The summed E-state index contributed by atoms with van der Waals surface area (Å²) in [5.74, 6) is 0.122. The molecule has 0 bridgehead atoms. The largest absolute Gasteiger partial charge is 0.374 e. The van der Waals surface area contributed by atoms with Crippen LogP contribution < -0.4 is 30.4 Å². The molecule has 3 heterocycles. The van der Waals surface area contributed by atoms with Gasteiger partial charge < -0.3 is 9.80 Å². The Morgan fingerprint density at radius 3 is 2.58 bits per heavy atom. The van der Waals surface area contributed by atoms with Gasteiger partial charge in [0.05, 0.1) is 0 Å². The van der Waals surface area contributed by atoms with E-state index in [0.717, 1.165) is 56.4 Å². The molecule has 3 aromatic carbocycles. The molecule has 5 heteroatoms. The maximum atomic E-state index is 13.9. The van der Waals surface area contributed by atoms with Gasteiger partial charge in [0.15, 0.2) is 0 Å². The van der Waals surface area contributed by atoms with E-state index in [1.807, 2.05) is 24.1 Å². The Morgan fingerprint density at radius 1 is 1.00 bits per heavy atom. The van der Waals surface area contributed by atoms with Crippen molar-refractivity contribution in [3.63, 3.8) is 0 Å². The molecule has 0 radical (unpaired) electrons. The fourth-order valence-electron chi connectivity index (χ4n) is 7.25. The molecule has 4 nitrogen and oxygen atoms in total. The molecule has 0 N–H and O–H groups in total. The van der Waals surface area contributed by atoms with Gasteiger partial charge in [-0.1, -0.05) is 44.6 Å². The number of benzene rings is 3. The third-order valence-corrected chi connectivity index (χ3v) is 13.2. The summed E-state index contributed by atoms with van der Waals surface area (Å²) in [6, 6.07) is 18.4. The minimum absolute atomic E-state index is 0.122. The molecule has 3 aliphatic heterocycles. The summed E-state index contributed by atoms with van der Waals surface area (Å²) in [5, 5.41) is 5.76. The summed E-state index contributed by atoms with van der Waals surface area (Å²) < 4.78 is 2.44. The van der Waals surface area contributed by atoms with Crippen molar-refractivity contribution in [2.75, 3.05) is 45.7 Å². The molecule has 0 saturated carbocycles. The Labute approximate surface area is 240 Å². The summed E-state index contributed by atoms with van der Waals surface area (Å²) in [6.07, 6.45) is 6.70. The van der Waals surface area contributed by atoms with Gasteiger partial charge in [-0.3, -0.25) is 4.79 Å². The van der Waals surface area contributed by atoms with E-state index in [4.69, 9.17) is 0 Å². The van der Waals surface area contributed by atoms with Crippen LogP contribution in [0.4, 0.5) is 5.69 Å². The Morgan fingerprint density at radius 2 is 1.77 bits per heavy atom. The van der Waals surface area contributed by atoms with Gasteiger partial charge in [-0.05, 0) is 87.8 Å². The van der Waals surface area contributed by atoms with Crippen molar-refractivity contribution in [1.29, 1.82) is 0 Å². The Balaban J connectivity index is 1.71. The highest BCUT2D eigenvalue weighted by molar-refractivity contribution is 7.01. The van der Waals surface area contributed by atoms with Crippen LogP contribution >= 0.6 is 0 Å². The predicted octanol–water partition coefficient (Wildman–Crippen LogP) is 3.39. The summed E-state index contributed by atoms with van der Waals surface area (Å²) in [5.41, 5.74) is 8.80. The van der Waals surface area contributed by atoms with E-state index in [1.54, 1.807) is 0 Å². The van der Waals surface area contributed by atoms with Crippen molar-refractivity contribution in [2.45, 2.75) is 58.5 Å². The van der Waals surface area contributed by atoms with E-state index < -0.39 is 8.07 Å². The second-order valence-corrected chi connectivity index (χ2v) is 17.1. The molecule has 208 valence electrons. The van der Waals surface area contributed by atoms with Crippen LogP contribution in [-0.2, 0) is 12.8 Å². The third kappa shape index (κ3) is 4.34. The minimum Gasteiger partial charge on any atom is -0.374 e. The average molecular weight is 551 g/mol. The molecular formula is C35H44N3OSi+. The highest BCUT2D eigenvalue weighted by atomic mass is 28.3. The first-order valence-corrected chi connectivity index (χ1v) is 18.2. The normalized spacial score (nSPS) is 17.1. The van der Waals surface area contributed by atoms with Gasteiger partial charge in [-0.15, -0.1) is 0 Å². The lowest BCUT2D eigenvalue weighted by Gasteiger charge is -2.37. The number of carbonyl (C=O) groups is 1. The number of unbranched alkanes of at least 4 members (excludes halogenated alkanes) is 1. The molecular weight excluding hydrogens is 506 g/mol. The van der Waals surface area contributed by atoms with Crippen LogP contribution in [0.1, 0.15) is 65.2 Å². The van der Waals surface area contributed by atoms with Gasteiger partial charge in [0, 0.05) is 56.5 Å². The van der Waals surface area contributed by atoms with Gasteiger partial charge in [-0.25, -0.2) is 4.58 Å². The maximum absolute atomic E-state index is 13.9. The lowest BCUT2D eigenvalue weighted by atomic mass is 9.87. The monoisotopic (exact) mass is 550 g/mol. The fraction of sp³-hybridized carbons (Fsp3) is 0.429. The highest BCUT2D eigenvalue weighted by Crippen LogP contribution is 2.34. The summed E-state index contributed by atoms with van der Waals surface area (Å²) >= 11 is 0. The Kier molecular flexibility index (Phi) is 6.98. The zero-order valence-electron chi connectivity index (χ0n) is 25.2. The van der Waals surface area contributed by atoms with Crippen molar-refractivity contribution in [3.05, 3.63) is 86.9 Å². The van der Waals surface area contributed by atoms with Crippen molar-refractivity contribution in [3.8, 4) is 0 Å². The van der Waals surface area contributed by atoms with Crippen LogP contribution in [0.3, 0.4) is 0 Å². The lowest BCUT2D eigenvalue weighted by Crippen LogP contribution is -2.64. The number of nitrogens with zero attached hydrogens (tertiary/aromatic N) is 3. The molecule has 3 aromatic rings. The number of carbonyl (C=O) groups excluding carboxylic acids is 1. The van der Waals surface area contributed by atoms with E-state index in [2.05, 4.69) is 80.0 Å². The molecule has 0 saturated heterocycles. The molecule has 0 atom stereocenters. The van der Waals surface area contributed by atoms with E-state index >= 15 is 0 Å². The second kappa shape index (κ2) is 10.3. The Bertz CT molecular complexity index is 1640. The molecule has 0 aliphatic carbocycles. The standard InChI is InChI=1S/C35H44N3OSi/c1-7-8-17-38(4)35(39)27-16-10-9-15-26(27)34-28-20-24-13-11-18-36(2)30(24)22-32(28)40(5,6)33-23-31-25(21-29(33)34)14-12-19-37(31)3/h9-10,15-16,20-23H,7-8,11-14,17-19H2,1-6H3/q+1. The summed E-state index contributed by atoms with van der Waals surface area (Å²) in [6.45, 7) is 10.2. The molecule has 1 amide bonds. The minimum atomic E-state index is -2.04. The van der Waals surface area contributed by atoms with Crippen molar-refractivity contribution in [2.24, 2.45) is 0 Å². The van der Waals surface area contributed by atoms with Crippen molar-refractivity contribution < 1.29 is 4.79 Å². The van der Waals surface area contributed by atoms with E-state index in [1.165, 1.54) is 61.7 Å². The smallest absolute Gasteiger partial charge is 0.254 e.